The van der Waals surface area contributed by atoms with Crippen LogP contribution in [0.5, 0.6) is 0 Å². The third-order valence-electron chi connectivity index (χ3n) is 4.27. The average Bonchev–Trinajstić information content (AvgIpc) is 2.87. The zero-order chi connectivity index (χ0) is 14.5. The van der Waals surface area contributed by atoms with Gasteiger partial charge in [-0.2, -0.15) is 0 Å². The molecule has 2 unspecified atom stereocenters. The van der Waals surface area contributed by atoms with Gasteiger partial charge in [0.05, 0.1) is 6.61 Å². The lowest BCUT2D eigenvalue weighted by Gasteiger charge is -2.24. The molecule has 0 spiro atoms. The molecule has 1 aromatic rings. The van der Waals surface area contributed by atoms with Gasteiger partial charge in [0.15, 0.2) is 0 Å². The number of hydrogen-bond acceptors (Lipinski definition) is 3. The van der Waals surface area contributed by atoms with Crippen molar-refractivity contribution in [2.45, 2.75) is 39.2 Å². The van der Waals surface area contributed by atoms with Gasteiger partial charge in [0.2, 0.25) is 0 Å². The first kappa shape index (κ1) is 15.3. The highest BCUT2D eigenvalue weighted by Crippen LogP contribution is 2.29. The van der Waals surface area contributed by atoms with E-state index in [-0.39, 0.29) is 6.04 Å². The Kier molecular flexibility index (Phi) is 5.44. The fourth-order valence-corrected chi connectivity index (χ4v) is 3.04. The Bertz CT molecular complexity index is 433. The molecule has 0 amide bonds. The summed E-state index contributed by atoms with van der Waals surface area (Å²) in [6.45, 7) is 7.41. The van der Waals surface area contributed by atoms with E-state index in [2.05, 4.69) is 36.9 Å². The molecule has 3 heteroatoms. The minimum atomic E-state index is 0.257. The van der Waals surface area contributed by atoms with Gasteiger partial charge in [-0.15, -0.1) is 0 Å². The number of nitrogens with zero attached hydrogens (tertiary/aromatic N) is 1. The Hall–Kier alpha value is -1.06. The highest BCUT2D eigenvalue weighted by Gasteiger charge is 2.24. The Morgan fingerprint density at radius 1 is 1.45 bits per heavy atom. The van der Waals surface area contributed by atoms with Gasteiger partial charge in [0, 0.05) is 37.8 Å². The van der Waals surface area contributed by atoms with E-state index in [1.165, 1.54) is 23.2 Å². The number of nitrogens with two attached hydrogens (primary N) is 1. The van der Waals surface area contributed by atoms with Gasteiger partial charge in [0.25, 0.3) is 0 Å². The van der Waals surface area contributed by atoms with E-state index >= 15 is 0 Å². The first-order chi connectivity index (χ1) is 9.63. The molecular formula is C17H28N2O. The first-order valence-corrected chi connectivity index (χ1v) is 7.73. The predicted molar refractivity (Wildman–Crippen MR) is 85.3 cm³/mol. The molecule has 1 saturated heterocycles. The second-order valence-electron chi connectivity index (χ2n) is 6.06. The number of anilines is 1. The van der Waals surface area contributed by atoms with E-state index in [1.807, 2.05) is 0 Å². The van der Waals surface area contributed by atoms with Crippen LogP contribution in [0, 0.1) is 12.8 Å². The van der Waals surface area contributed by atoms with E-state index in [1.54, 1.807) is 7.11 Å². The van der Waals surface area contributed by atoms with Crippen LogP contribution in [-0.2, 0) is 11.2 Å². The van der Waals surface area contributed by atoms with Gasteiger partial charge in [-0.1, -0.05) is 24.6 Å². The van der Waals surface area contributed by atoms with Crippen LogP contribution in [0.25, 0.3) is 0 Å². The summed E-state index contributed by atoms with van der Waals surface area (Å²) < 4.78 is 5.29. The summed E-state index contributed by atoms with van der Waals surface area (Å²) in [4.78, 5) is 2.50. The summed E-state index contributed by atoms with van der Waals surface area (Å²) >= 11 is 0. The Balaban J connectivity index is 2.14. The zero-order valence-electron chi connectivity index (χ0n) is 13.1. The van der Waals surface area contributed by atoms with Gasteiger partial charge in [-0.25, -0.2) is 0 Å². The molecule has 2 atom stereocenters. The molecular weight excluding hydrogens is 248 g/mol. The van der Waals surface area contributed by atoms with E-state index in [9.17, 15) is 0 Å². The summed E-state index contributed by atoms with van der Waals surface area (Å²) in [6.07, 6.45) is 3.22. The van der Waals surface area contributed by atoms with Crippen molar-refractivity contribution in [1.29, 1.82) is 0 Å². The second-order valence-corrected chi connectivity index (χ2v) is 6.06. The summed E-state index contributed by atoms with van der Waals surface area (Å²) in [5.74, 6) is 0.661. The van der Waals surface area contributed by atoms with Crippen LogP contribution in [0.2, 0.25) is 0 Å². The maximum Gasteiger partial charge on any atom is 0.0508 e. The number of aryl methyl sites for hydroxylation is 1. The topological polar surface area (TPSA) is 38.5 Å². The molecule has 2 N–H and O–H groups in total. The molecule has 1 aromatic carbocycles. The lowest BCUT2D eigenvalue weighted by atomic mass is 10.00. The van der Waals surface area contributed by atoms with E-state index in [0.29, 0.717) is 5.92 Å². The number of methoxy groups -OCH3 is 1. The Morgan fingerprint density at radius 2 is 2.25 bits per heavy atom. The van der Waals surface area contributed by atoms with Crippen LogP contribution in [0.15, 0.2) is 18.2 Å². The third-order valence-corrected chi connectivity index (χ3v) is 4.27. The van der Waals surface area contributed by atoms with Crippen molar-refractivity contribution in [2.75, 3.05) is 31.7 Å². The average molecular weight is 276 g/mol. The van der Waals surface area contributed by atoms with Crippen LogP contribution >= 0.6 is 0 Å². The zero-order valence-corrected chi connectivity index (χ0v) is 13.1. The van der Waals surface area contributed by atoms with Gasteiger partial charge >= 0.3 is 0 Å². The first-order valence-electron chi connectivity index (χ1n) is 7.73. The van der Waals surface area contributed by atoms with Gasteiger partial charge < -0.3 is 15.4 Å². The van der Waals surface area contributed by atoms with E-state index in [4.69, 9.17) is 10.5 Å². The van der Waals surface area contributed by atoms with Crippen molar-refractivity contribution in [3.8, 4) is 0 Å². The molecule has 2 rings (SSSR count). The molecule has 0 aliphatic carbocycles. The summed E-state index contributed by atoms with van der Waals surface area (Å²) in [5.41, 5.74) is 10.3. The number of hydrogen-bond donors (Lipinski definition) is 1. The highest BCUT2D eigenvalue weighted by molar-refractivity contribution is 5.56. The third kappa shape index (κ3) is 3.74. The molecule has 1 heterocycles. The van der Waals surface area contributed by atoms with E-state index in [0.717, 1.165) is 32.5 Å². The van der Waals surface area contributed by atoms with Crippen LogP contribution in [0.3, 0.4) is 0 Å². The Labute approximate surface area is 123 Å². The largest absolute Gasteiger partial charge is 0.384 e. The molecule has 0 aromatic heterocycles. The van der Waals surface area contributed by atoms with Crippen molar-refractivity contribution >= 4 is 5.69 Å². The molecule has 3 nitrogen and oxygen atoms in total. The van der Waals surface area contributed by atoms with Crippen LogP contribution < -0.4 is 10.6 Å². The molecule has 1 aliphatic heterocycles. The highest BCUT2D eigenvalue weighted by atomic mass is 16.5. The summed E-state index contributed by atoms with van der Waals surface area (Å²) in [7, 11) is 1.79. The smallest absolute Gasteiger partial charge is 0.0508 e. The molecule has 112 valence electrons. The summed E-state index contributed by atoms with van der Waals surface area (Å²) in [6, 6.07) is 7.03. The lowest BCUT2D eigenvalue weighted by molar-refractivity contribution is 0.161. The van der Waals surface area contributed by atoms with Gasteiger partial charge in [-0.05, 0) is 37.8 Å². The maximum absolute atomic E-state index is 6.16. The van der Waals surface area contributed by atoms with Gasteiger partial charge in [-0.3, -0.25) is 0 Å². The van der Waals surface area contributed by atoms with Crippen molar-refractivity contribution in [3.05, 3.63) is 29.3 Å². The molecule has 0 bridgehead atoms. The fraction of sp³-hybridized carbons (Fsp3) is 0.647. The minimum absolute atomic E-state index is 0.257. The number of rotatable bonds is 6. The van der Waals surface area contributed by atoms with Crippen LogP contribution in [0.1, 0.15) is 30.9 Å². The van der Waals surface area contributed by atoms with Crippen LogP contribution in [0.4, 0.5) is 5.69 Å². The predicted octanol–water partition coefficient (Wildman–Crippen LogP) is 2.75. The Morgan fingerprint density at radius 3 is 2.95 bits per heavy atom. The number of benzene rings is 1. The normalized spacial score (nSPS) is 20.4. The van der Waals surface area contributed by atoms with Crippen molar-refractivity contribution < 1.29 is 4.74 Å². The molecule has 0 saturated carbocycles. The van der Waals surface area contributed by atoms with Crippen molar-refractivity contribution in [3.63, 3.8) is 0 Å². The molecule has 1 aliphatic rings. The van der Waals surface area contributed by atoms with Gasteiger partial charge in [0.1, 0.15) is 0 Å². The maximum atomic E-state index is 6.16. The lowest BCUT2D eigenvalue weighted by Crippen LogP contribution is -2.26. The second kappa shape index (κ2) is 7.09. The fourth-order valence-electron chi connectivity index (χ4n) is 3.04. The monoisotopic (exact) mass is 276 g/mol. The van der Waals surface area contributed by atoms with Crippen molar-refractivity contribution in [2.24, 2.45) is 11.7 Å². The molecule has 1 fully saturated rings. The number of ether oxygens (including phenoxy) is 1. The van der Waals surface area contributed by atoms with Crippen molar-refractivity contribution in [1.82, 2.24) is 0 Å². The van der Waals surface area contributed by atoms with E-state index < -0.39 is 0 Å². The SMILES string of the molecule is CCC(N)Cc1cc(C)ccc1N1CCC(COC)C1. The standard InChI is InChI=1S/C17H28N2O/c1-4-16(18)10-15-9-13(2)5-6-17(15)19-8-7-14(11-19)12-20-3/h5-6,9,14,16H,4,7-8,10-12,18H2,1-3H3. The molecule has 20 heavy (non-hydrogen) atoms. The minimum Gasteiger partial charge on any atom is -0.384 e. The summed E-state index contributed by atoms with van der Waals surface area (Å²) in [5, 5.41) is 0. The van der Waals surface area contributed by atoms with Crippen LogP contribution in [-0.4, -0.2) is 32.8 Å². The quantitative estimate of drug-likeness (QED) is 0.868. The molecule has 0 radical (unpaired) electrons.